The van der Waals surface area contributed by atoms with E-state index < -0.39 is 35.0 Å². The highest BCUT2D eigenvalue weighted by atomic mass is 19.4. The summed E-state index contributed by atoms with van der Waals surface area (Å²) in [5.74, 6) is -3.47. The molecular formula is C27H19F7O. The van der Waals surface area contributed by atoms with Gasteiger partial charge in [-0.2, -0.15) is 13.2 Å². The molecule has 35 heavy (non-hydrogen) atoms. The van der Waals surface area contributed by atoms with E-state index in [1.54, 1.807) is 6.07 Å². The van der Waals surface area contributed by atoms with Crippen LogP contribution in [0.2, 0.25) is 0 Å². The topological polar surface area (TPSA) is 9.23 Å². The Labute approximate surface area is 196 Å². The van der Waals surface area contributed by atoms with Crippen LogP contribution in [0.4, 0.5) is 30.7 Å². The number of rotatable bonds is 6. The van der Waals surface area contributed by atoms with Gasteiger partial charge in [-0.1, -0.05) is 30.3 Å². The molecule has 4 rings (SSSR count). The summed E-state index contributed by atoms with van der Waals surface area (Å²) in [6.45, 7) is 0.0545. The van der Waals surface area contributed by atoms with Crippen LogP contribution in [0.5, 0.6) is 0 Å². The molecule has 0 aliphatic rings. The molecule has 0 bridgehead atoms. The molecule has 182 valence electrons. The number of hydrogen-bond donors (Lipinski definition) is 0. The Morgan fingerprint density at radius 1 is 0.714 bits per heavy atom. The molecule has 0 aromatic heterocycles. The van der Waals surface area contributed by atoms with E-state index in [2.05, 4.69) is 0 Å². The van der Waals surface area contributed by atoms with Gasteiger partial charge >= 0.3 is 6.18 Å². The fraction of sp³-hybridized carbons (Fsp3) is 0.185. The largest absolute Gasteiger partial charge is 0.419 e. The molecular weight excluding hydrogens is 473 g/mol. The van der Waals surface area contributed by atoms with Crippen LogP contribution in [0, 0.1) is 23.3 Å². The highest BCUT2D eigenvalue weighted by Crippen LogP contribution is 2.33. The molecule has 1 nitrogen and oxygen atoms in total. The van der Waals surface area contributed by atoms with E-state index in [0.717, 1.165) is 12.1 Å². The molecule has 0 saturated heterocycles. The lowest BCUT2D eigenvalue weighted by Crippen LogP contribution is -2.08. The van der Waals surface area contributed by atoms with E-state index in [9.17, 15) is 26.3 Å². The molecule has 0 spiro atoms. The zero-order valence-corrected chi connectivity index (χ0v) is 18.4. The van der Waals surface area contributed by atoms with E-state index in [0.29, 0.717) is 22.6 Å². The first kappa shape index (κ1) is 24.7. The van der Waals surface area contributed by atoms with Gasteiger partial charge in [0.2, 0.25) is 0 Å². The molecule has 0 unspecified atom stereocenters. The Morgan fingerprint density at radius 3 is 2.03 bits per heavy atom. The van der Waals surface area contributed by atoms with Crippen molar-refractivity contribution in [2.24, 2.45) is 0 Å². The molecule has 0 heterocycles. The number of hydrogen-bond acceptors (Lipinski definition) is 1. The summed E-state index contributed by atoms with van der Waals surface area (Å²) in [5.41, 5.74) is -0.421. The quantitative estimate of drug-likeness (QED) is 0.248. The van der Waals surface area contributed by atoms with Crippen molar-refractivity contribution in [3.05, 3.63) is 106 Å². The van der Waals surface area contributed by atoms with Gasteiger partial charge < -0.3 is 4.74 Å². The number of halogens is 7. The summed E-state index contributed by atoms with van der Waals surface area (Å²) in [4.78, 5) is 0. The molecule has 4 aromatic carbocycles. The lowest BCUT2D eigenvalue weighted by Gasteiger charge is -2.12. The van der Waals surface area contributed by atoms with Crippen LogP contribution in [0.25, 0.3) is 21.9 Å². The SMILES string of the molecule is COCc1cc(F)c(-c2ccc3c(F)c(CCc4ccc(C(F)(F)F)c(F)c4)ccc3c2)c(F)c1. The Hall–Kier alpha value is -3.39. The highest BCUT2D eigenvalue weighted by molar-refractivity contribution is 5.88. The maximum Gasteiger partial charge on any atom is 0.419 e. The van der Waals surface area contributed by atoms with Crippen LogP contribution >= 0.6 is 0 Å². The van der Waals surface area contributed by atoms with Crippen LogP contribution < -0.4 is 0 Å². The first-order chi connectivity index (χ1) is 16.6. The van der Waals surface area contributed by atoms with E-state index in [1.807, 2.05) is 0 Å². The van der Waals surface area contributed by atoms with E-state index in [1.165, 1.54) is 43.5 Å². The predicted molar refractivity (Wildman–Crippen MR) is 119 cm³/mol. The first-order valence-electron chi connectivity index (χ1n) is 10.6. The average Bonchev–Trinajstić information content (AvgIpc) is 2.77. The van der Waals surface area contributed by atoms with Crippen LogP contribution in [-0.4, -0.2) is 7.11 Å². The van der Waals surface area contributed by atoms with Crippen molar-refractivity contribution in [3.8, 4) is 11.1 Å². The number of methoxy groups -OCH3 is 1. The predicted octanol–water partition coefficient (Wildman–Crippen LogP) is 8.01. The van der Waals surface area contributed by atoms with E-state index in [-0.39, 0.29) is 41.5 Å². The van der Waals surface area contributed by atoms with Crippen LogP contribution in [0.15, 0.2) is 60.7 Å². The number of ether oxygens (including phenoxy) is 1. The normalized spacial score (nSPS) is 11.9. The zero-order valence-electron chi connectivity index (χ0n) is 18.4. The summed E-state index contributed by atoms with van der Waals surface area (Å²) in [6, 6.07) is 12.4. The summed E-state index contributed by atoms with van der Waals surface area (Å²) >= 11 is 0. The van der Waals surface area contributed by atoms with E-state index >= 15 is 4.39 Å². The van der Waals surface area contributed by atoms with Crippen molar-refractivity contribution < 1.29 is 35.5 Å². The second-order valence-corrected chi connectivity index (χ2v) is 8.15. The minimum atomic E-state index is -4.79. The fourth-order valence-corrected chi connectivity index (χ4v) is 4.06. The molecule has 8 heteroatoms. The molecule has 0 radical (unpaired) electrons. The van der Waals surface area contributed by atoms with Crippen molar-refractivity contribution >= 4 is 10.8 Å². The average molecular weight is 492 g/mol. The second-order valence-electron chi connectivity index (χ2n) is 8.15. The second kappa shape index (κ2) is 9.70. The first-order valence-corrected chi connectivity index (χ1v) is 10.6. The lowest BCUT2D eigenvalue weighted by atomic mass is 9.96. The Kier molecular flexibility index (Phi) is 6.85. The van der Waals surface area contributed by atoms with Crippen LogP contribution in [0.3, 0.4) is 0 Å². The summed E-state index contributed by atoms with van der Waals surface area (Å²) < 4.78 is 101. The van der Waals surface area contributed by atoms with Crippen molar-refractivity contribution in [2.75, 3.05) is 7.11 Å². The van der Waals surface area contributed by atoms with Gasteiger partial charge in [-0.3, -0.25) is 0 Å². The van der Waals surface area contributed by atoms with E-state index in [4.69, 9.17) is 4.74 Å². The van der Waals surface area contributed by atoms with Gasteiger partial charge in [-0.25, -0.2) is 17.6 Å². The van der Waals surface area contributed by atoms with Crippen LogP contribution in [0.1, 0.15) is 22.3 Å². The molecule has 4 aromatic rings. The number of benzene rings is 4. The third-order valence-corrected chi connectivity index (χ3v) is 5.76. The van der Waals surface area contributed by atoms with Gasteiger partial charge in [-0.15, -0.1) is 0 Å². The molecule has 0 N–H and O–H groups in total. The fourth-order valence-electron chi connectivity index (χ4n) is 4.06. The van der Waals surface area contributed by atoms with Gasteiger partial charge in [-0.05, 0) is 70.8 Å². The Bertz CT molecular complexity index is 1370. The number of fused-ring (bicyclic) bond motifs is 1. The summed E-state index contributed by atoms with van der Waals surface area (Å²) in [7, 11) is 1.41. The van der Waals surface area contributed by atoms with Crippen molar-refractivity contribution in [1.29, 1.82) is 0 Å². The van der Waals surface area contributed by atoms with Crippen molar-refractivity contribution in [2.45, 2.75) is 25.6 Å². The smallest absolute Gasteiger partial charge is 0.380 e. The third-order valence-electron chi connectivity index (χ3n) is 5.76. The Morgan fingerprint density at radius 2 is 1.40 bits per heavy atom. The van der Waals surface area contributed by atoms with Gasteiger partial charge in [0.05, 0.1) is 17.7 Å². The monoisotopic (exact) mass is 492 g/mol. The Balaban J connectivity index is 1.59. The third kappa shape index (κ3) is 5.17. The lowest BCUT2D eigenvalue weighted by molar-refractivity contribution is -0.140. The van der Waals surface area contributed by atoms with Gasteiger partial charge in [0.1, 0.15) is 23.3 Å². The summed E-state index contributed by atoms with van der Waals surface area (Å²) in [6.07, 6.45) is -4.54. The molecule has 0 aliphatic carbocycles. The molecule has 0 aliphatic heterocycles. The molecule has 0 fully saturated rings. The maximum atomic E-state index is 15.1. The van der Waals surface area contributed by atoms with Gasteiger partial charge in [0, 0.05) is 12.5 Å². The molecule has 0 saturated carbocycles. The molecule has 0 atom stereocenters. The number of alkyl halides is 3. The zero-order chi connectivity index (χ0) is 25.3. The minimum absolute atomic E-state index is 0.0545. The standard InChI is InChI=1S/C27H19F7O/c1-35-14-16-11-23(29)25(24(30)12-16)19-7-8-20-18(13-19)6-5-17(26(20)31)4-2-15-3-9-21(22(28)10-15)27(32,33)34/h3,5-13H,2,4,14H2,1H3. The summed E-state index contributed by atoms with van der Waals surface area (Å²) in [5, 5.41) is 0.644. The van der Waals surface area contributed by atoms with Crippen LogP contribution in [-0.2, 0) is 30.4 Å². The molecule has 0 amide bonds. The maximum absolute atomic E-state index is 15.1. The van der Waals surface area contributed by atoms with Crippen molar-refractivity contribution in [3.63, 3.8) is 0 Å². The van der Waals surface area contributed by atoms with Gasteiger partial charge in [0.15, 0.2) is 0 Å². The number of aryl methyl sites for hydroxylation is 2. The minimum Gasteiger partial charge on any atom is -0.380 e. The highest BCUT2D eigenvalue weighted by Gasteiger charge is 2.33. The van der Waals surface area contributed by atoms with Gasteiger partial charge in [0.25, 0.3) is 0 Å². The van der Waals surface area contributed by atoms with Crippen molar-refractivity contribution in [1.82, 2.24) is 0 Å².